The van der Waals surface area contributed by atoms with Gasteiger partial charge in [-0.3, -0.25) is 9.79 Å². The summed E-state index contributed by atoms with van der Waals surface area (Å²) in [5.74, 6) is 2.41. The number of aliphatic imine (C=N–C) groups is 1. The van der Waals surface area contributed by atoms with E-state index in [9.17, 15) is 4.79 Å². The molecule has 1 heterocycles. The molecule has 1 aliphatic rings. The van der Waals surface area contributed by atoms with E-state index in [0.29, 0.717) is 18.9 Å². The quantitative estimate of drug-likeness (QED) is 0.604. The number of hydrogen-bond donors (Lipinski definition) is 2. The van der Waals surface area contributed by atoms with Gasteiger partial charge in [0.25, 0.3) is 0 Å². The van der Waals surface area contributed by atoms with Crippen LogP contribution in [0.2, 0.25) is 0 Å². The second-order valence-corrected chi connectivity index (χ2v) is 7.02. The highest BCUT2D eigenvalue weighted by Crippen LogP contribution is 2.20. The van der Waals surface area contributed by atoms with Crippen LogP contribution >= 0.6 is 0 Å². The number of carbonyl (C=O) groups is 1. The molecule has 1 saturated heterocycles. The highest BCUT2D eigenvalue weighted by Gasteiger charge is 2.22. The van der Waals surface area contributed by atoms with Crippen molar-refractivity contribution in [3.63, 3.8) is 0 Å². The molecule has 0 unspecified atom stereocenters. The Kier molecular flexibility index (Phi) is 7.75. The molecule has 0 aliphatic carbocycles. The van der Waals surface area contributed by atoms with Gasteiger partial charge in [0.15, 0.2) is 5.96 Å². The first-order valence-electron chi connectivity index (χ1n) is 9.43. The van der Waals surface area contributed by atoms with Crippen molar-refractivity contribution < 1.29 is 9.53 Å². The molecule has 144 valence electrons. The average molecular weight is 361 g/mol. The lowest BCUT2D eigenvalue weighted by atomic mass is 9.93. The standard InChI is InChI=1S/C20H32N4O2/c1-15(2)26-18-7-5-6-17(12-18)14-23-20(22-4)24-10-8-16(9-11-24)13-19(25)21-3/h5-7,12,15-16H,8-11,13-14H2,1-4H3,(H,21,25)(H,22,23). The molecular formula is C20H32N4O2. The lowest BCUT2D eigenvalue weighted by Gasteiger charge is -2.34. The lowest BCUT2D eigenvalue weighted by Crippen LogP contribution is -2.45. The number of ether oxygens (including phenoxy) is 1. The van der Waals surface area contributed by atoms with E-state index in [1.54, 1.807) is 7.05 Å². The third-order valence-electron chi connectivity index (χ3n) is 4.60. The number of piperidine rings is 1. The van der Waals surface area contributed by atoms with Crippen molar-refractivity contribution >= 4 is 11.9 Å². The molecule has 0 bridgehead atoms. The second kappa shape index (κ2) is 10.0. The van der Waals surface area contributed by atoms with Gasteiger partial charge in [-0.2, -0.15) is 0 Å². The highest BCUT2D eigenvalue weighted by molar-refractivity contribution is 5.80. The van der Waals surface area contributed by atoms with Crippen molar-refractivity contribution in [1.29, 1.82) is 0 Å². The van der Waals surface area contributed by atoms with Crippen LogP contribution in [0, 0.1) is 5.92 Å². The normalized spacial score (nSPS) is 15.9. The molecule has 2 N–H and O–H groups in total. The van der Waals surface area contributed by atoms with Gasteiger partial charge >= 0.3 is 0 Å². The maximum atomic E-state index is 11.5. The van der Waals surface area contributed by atoms with E-state index in [2.05, 4.69) is 32.7 Å². The maximum absolute atomic E-state index is 11.5. The van der Waals surface area contributed by atoms with Gasteiger partial charge in [0.1, 0.15) is 5.75 Å². The van der Waals surface area contributed by atoms with Crippen molar-refractivity contribution in [1.82, 2.24) is 15.5 Å². The Morgan fingerprint density at radius 1 is 1.35 bits per heavy atom. The van der Waals surface area contributed by atoms with Crippen LogP contribution in [0.5, 0.6) is 5.75 Å². The predicted molar refractivity (Wildman–Crippen MR) is 105 cm³/mol. The molecule has 0 atom stereocenters. The summed E-state index contributed by atoms with van der Waals surface area (Å²) in [7, 11) is 3.52. The Balaban J connectivity index is 1.84. The molecule has 0 spiro atoms. The minimum atomic E-state index is 0.134. The molecular weight excluding hydrogens is 328 g/mol. The molecule has 0 aromatic heterocycles. The van der Waals surface area contributed by atoms with Gasteiger partial charge in [0, 0.05) is 40.2 Å². The van der Waals surface area contributed by atoms with Gasteiger partial charge in [-0.05, 0) is 50.3 Å². The van der Waals surface area contributed by atoms with E-state index in [4.69, 9.17) is 4.74 Å². The Labute approximate surface area is 157 Å². The van der Waals surface area contributed by atoms with Crippen LogP contribution < -0.4 is 15.4 Å². The molecule has 26 heavy (non-hydrogen) atoms. The number of rotatable bonds is 6. The Bertz CT molecular complexity index is 608. The van der Waals surface area contributed by atoms with Crippen LogP contribution in [-0.4, -0.2) is 50.1 Å². The summed E-state index contributed by atoms with van der Waals surface area (Å²) in [5.41, 5.74) is 1.17. The van der Waals surface area contributed by atoms with E-state index in [1.807, 2.05) is 33.0 Å². The number of nitrogens with zero attached hydrogens (tertiary/aromatic N) is 2. The monoisotopic (exact) mass is 360 g/mol. The number of amides is 1. The Morgan fingerprint density at radius 3 is 2.69 bits per heavy atom. The molecule has 2 rings (SSSR count). The largest absolute Gasteiger partial charge is 0.491 e. The van der Waals surface area contributed by atoms with E-state index >= 15 is 0 Å². The molecule has 0 radical (unpaired) electrons. The number of benzene rings is 1. The molecule has 6 nitrogen and oxygen atoms in total. The van der Waals surface area contributed by atoms with E-state index < -0.39 is 0 Å². The van der Waals surface area contributed by atoms with Gasteiger partial charge < -0.3 is 20.3 Å². The Morgan fingerprint density at radius 2 is 2.08 bits per heavy atom. The zero-order valence-electron chi connectivity index (χ0n) is 16.4. The van der Waals surface area contributed by atoms with Crippen molar-refractivity contribution in [3.8, 4) is 5.75 Å². The zero-order chi connectivity index (χ0) is 18.9. The third-order valence-corrected chi connectivity index (χ3v) is 4.60. The summed E-state index contributed by atoms with van der Waals surface area (Å²) >= 11 is 0. The molecule has 1 fully saturated rings. The number of likely N-dealkylation sites (tertiary alicyclic amines) is 1. The number of hydrogen-bond acceptors (Lipinski definition) is 3. The van der Waals surface area contributed by atoms with Crippen molar-refractivity contribution in [2.75, 3.05) is 27.2 Å². The SMILES string of the molecule is CN=C(NCc1cccc(OC(C)C)c1)N1CCC(CC(=O)NC)CC1. The van der Waals surface area contributed by atoms with Crippen LogP contribution in [0.4, 0.5) is 0 Å². The van der Waals surface area contributed by atoms with Gasteiger partial charge in [0.2, 0.25) is 5.91 Å². The summed E-state index contributed by atoms with van der Waals surface area (Å²) in [6.45, 7) is 6.62. The van der Waals surface area contributed by atoms with Crippen LogP contribution in [0.3, 0.4) is 0 Å². The summed E-state index contributed by atoms with van der Waals surface area (Å²) in [4.78, 5) is 18.2. The van der Waals surface area contributed by atoms with Crippen molar-refractivity contribution in [2.45, 2.75) is 45.8 Å². The topological polar surface area (TPSA) is 66.0 Å². The van der Waals surface area contributed by atoms with Crippen LogP contribution in [-0.2, 0) is 11.3 Å². The second-order valence-electron chi connectivity index (χ2n) is 7.02. The van der Waals surface area contributed by atoms with Gasteiger partial charge in [-0.15, -0.1) is 0 Å². The number of guanidine groups is 1. The summed E-state index contributed by atoms with van der Waals surface area (Å²) < 4.78 is 5.76. The fraction of sp³-hybridized carbons (Fsp3) is 0.600. The van der Waals surface area contributed by atoms with Gasteiger partial charge in [-0.1, -0.05) is 12.1 Å². The minimum Gasteiger partial charge on any atom is -0.491 e. The summed E-state index contributed by atoms with van der Waals surface area (Å²) in [5, 5.41) is 6.16. The van der Waals surface area contributed by atoms with Crippen LogP contribution in [0.15, 0.2) is 29.3 Å². The lowest BCUT2D eigenvalue weighted by molar-refractivity contribution is -0.121. The van der Waals surface area contributed by atoms with Crippen molar-refractivity contribution in [3.05, 3.63) is 29.8 Å². The first-order valence-corrected chi connectivity index (χ1v) is 9.43. The molecule has 1 amide bonds. The van der Waals surface area contributed by atoms with Crippen LogP contribution in [0.25, 0.3) is 0 Å². The highest BCUT2D eigenvalue weighted by atomic mass is 16.5. The molecule has 6 heteroatoms. The van der Waals surface area contributed by atoms with Crippen molar-refractivity contribution in [2.24, 2.45) is 10.9 Å². The molecule has 1 aromatic carbocycles. The first-order chi connectivity index (χ1) is 12.5. The van der Waals surface area contributed by atoms with Gasteiger partial charge in [-0.25, -0.2) is 0 Å². The first kappa shape index (κ1) is 20.1. The number of nitrogens with one attached hydrogen (secondary N) is 2. The van der Waals surface area contributed by atoms with E-state index in [-0.39, 0.29) is 12.0 Å². The Hall–Kier alpha value is -2.24. The smallest absolute Gasteiger partial charge is 0.220 e. The van der Waals surface area contributed by atoms with E-state index in [1.165, 1.54) is 5.56 Å². The third kappa shape index (κ3) is 6.24. The molecule has 1 aliphatic heterocycles. The predicted octanol–water partition coefficient (Wildman–Crippen LogP) is 2.40. The minimum absolute atomic E-state index is 0.134. The summed E-state index contributed by atoms with van der Waals surface area (Å²) in [6, 6.07) is 8.15. The van der Waals surface area contributed by atoms with Gasteiger partial charge in [0.05, 0.1) is 6.10 Å². The zero-order valence-corrected chi connectivity index (χ0v) is 16.4. The maximum Gasteiger partial charge on any atom is 0.220 e. The fourth-order valence-corrected chi connectivity index (χ4v) is 3.23. The molecule has 0 saturated carbocycles. The number of carbonyl (C=O) groups excluding carboxylic acids is 1. The van der Waals surface area contributed by atoms with E-state index in [0.717, 1.165) is 37.6 Å². The average Bonchev–Trinajstić information content (AvgIpc) is 2.63. The van der Waals surface area contributed by atoms with Crippen LogP contribution in [0.1, 0.15) is 38.7 Å². The molecule has 1 aromatic rings. The summed E-state index contributed by atoms with van der Waals surface area (Å²) in [6.07, 6.45) is 2.83. The fourth-order valence-electron chi connectivity index (χ4n) is 3.23.